The molecule has 9 heteroatoms. The average molecular weight is 391 g/mol. The number of piperidine rings is 1. The molecule has 1 spiro atoms. The van der Waals surface area contributed by atoms with E-state index in [0.29, 0.717) is 25.6 Å². The van der Waals surface area contributed by atoms with E-state index in [1.165, 1.54) is 5.01 Å². The van der Waals surface area contributed by atoms with E-state index < -0.39 is 0 Å². The number of nitrogens with zero attached hydrogens (tertiary/aromatic N) is 5. The van der Waals surface area contributed by atoms with E-state index in [9.17, 15) is 4.79 Å². The Morgan fingerprint density at radius 2 is 2.22 bits per heavy atom. The zero-order valence-corrected chi connectivity index (χ0v) is 16.5. The van der Waals surface area contributed by atoms with E-state index in [1.54, 1.807) is 11.3 Å². The van der Waals surface area contributed by atoms with Crippen molar-refractivity contribution in [2.75, 3.05) is 26.2 Å². The molecule has 4 rings (SSSR count). The molecular weight excluding hydrogens is 364 g/mol. The van der Waals surface area contributed by atoms with E-state index in [0.717, 1.165) is 51.3 Å². The summed E-state index contributed by atoms with van der Waals surface area (Å²) >= 11 is 1.71. The Balaban J connectivity index is 1.45. The van der Waals surface area contributed by atoms with Gasteiger partial charge in [0.15, 0.2) is 5.82 Å². The summed E-state index contributed by atoms with van der Waals surface area (Å²) in [6.07, 6.45) is 4.83. The fourth-order valence-electron chi connectivity index (χ4n) is 3.84. The summed E-state index contributed by atoms with van der Waals surface area (Å²) in [6, 6.07) is 0. The van der Waals surface area contributed by atoms with E-state index in [2.05, 4.69) is 25.4 Å². The van der Waals surface area contributed by atoms with E-state index in [1.807, 2.05) is 23.1 Å². The molecule has 1 fully saturated rings. The Bertz CT molecular complexity index is 767. The fraction of sp³-hybridized carbons (Fsp3) is 0.667. The van der Waals surface area contributed by atoms with Crippen molar-refractivity contribution in [2.24, 2.45) is 5.41 Å². The molecular formula is C18H26N6O2S. The molecule has 1 N–H and O–H groups in total. The van der Waals surface area contributed by atoms with Crippen LogP contribution in [0.3, 0.4) is 0 Å². The van der Waals surface area contributed by atoms with Gasteiger partial charge in [0.1, 0.15) is 11.6 Å². The summed E-state index contributed by atoms with van der Waals surface area (Å²) in [5.41, 5.74) is 0.0345. The Kier molecular flexibility index (Phi) is 5.51. The van der Waals surface area contributed by atoms with Crippen molar-refractivity contribution in [1.82, 2.24) is 30.0 Å². The van der Waals surface area contributed by atoms with Crippen LogP contribution in [-0.4, -0.2) is 56.8 Å². The van der Waals surface area contributed by atoms with E-state index in [4.69, 9.17) is 4.74 Å². The summed E-state index contributed by atoms with van der Waals surface area (Å²) in [5, 5.41) is 14.4. The minimum absolute atomic E-state index is 0.0345. The smallest absolute Gasteiger partial charge is 0.289 e. The Morgan fingerprint density at radius 3 is 2.96 bits per heavy atom. The summed E-state index contributed by atoms with van der Waals surface area (Å²) in [5.74, 6) is 1.01. The lowest BCUT2D eigenvalue weighted by Crippen LogP contribution is -2.44. The predicted octanol–water partition coefficient (Wildman–Crippen LogP) is 1.69. The van der Waals surface area contributed by atoms with Crippen LogP contribution < -0.4 is 5.32 Å². The van der Waals surface area contributed by atoms with Gasteiger partial charge >= 0.3 is 0 Å². The average Bonchev–Trinajstić information content (AvgIpc) is 3.29. The molecule has 0 bridgehead atoms. The van der Waals surface area contributed by atoms with Crippen LogP contribution in [0.5, 0.6) is 0 Å². The molecule has 4 heterocycles. The maximum atomic E-state index is 12.5. The molecule has 0 unspecified atom stereocenters. The zero-order chi connectivity index (χ0) is 18.7. The van der Waals surface area contributed by atoms with Crippen molar-refractivity contribution < 1.29 is 9.53 Å². The van der Waals surface area contributed by atoms with Crippen molar-refractivity contribution in [3.8, 4) is 0 Å². The molecule has 2 aliphatic rings. The number of amides is 1. The van der Waals surface area contributed by atoms with Crippen molar-refractivity contribution >= 4 is 17.2 Å². The number of fused-ring (bicyclic) bond motifs is 1. The molecule has 1 amide bonds. The van der Waals surface area contributed by atoms with Crippen LogP contribution in [0.1, 0.15) is 47.6 Å². The van der Waals surface area contributed by atoms with Gasteiger partial charge in [-0.15, -0.1) is 21.5 Å². The van der Waals surface area contributed by atoms with Gasteiger partial charge in [-0.1, -0.05) is 6.92 Å². The second-order valence-electron chi connectivity index (χ2n) is 7.48. The molecule has 0 saturated carbocycles. The van der Waals surface area contributed by atoms with Crippen LogP contribution in [0.15, 0.2) is 11.6 Å². The number of hydrogen-bond donors (Lipinski definition) is 1. The summed E-state index contributed by atoms with van der Waals surface area (Å²) in [6.45, 7) is 7.49. The van der Waals surface area contributed by atoms with Gasteiger partial charge in [0.05, 0.1) is 13.2 Å². The van der Waals surface area contributed by atoms with E-state index >= 15 is 0 Å². The molecule has 2 aliphatic heterocycles. The highest BCUT2D eigenvalue weighted by atomic mass is 32.1. The zero-order valence-electron chi connectivity index (χ0n) is 15.7. The number of likely N-dealkylation sites (tertiary alicyclic amines) is 1. The Labute approximate surface area is 162 Å². The lowest BCUT2D eigenvalue weighted by atomic mass is 9.79. The number of carbonyl (C=O) groups excluding carboxylic acids is 1. The predicted molar refractivity (Wildman–Crippen MR) is 101 cm³/mol. The third-order valence-corrected chi connectivity index (χ3v) is 6.22. The second kappa shape index (κ2) is 8.04. The number of nitrogens with one attached hydrogen (secondary N) is 1. The van der Waals surface area contributed by atoms with Crippen LogP contribution >= 0.6 is 11.3 Å². The number of ether oxygens (including phenoxy) is 1. The van der Waals surface area contributed by atoms with Gasteiger partial charge in [-0.3, -0.25) is 9.69 Å². The van der Waals surface area contributed by atoms with Crippen molar-refractivity contribution in [3.63, 3.8) is 0 Å². The van der Waals surface area contributed by atoms with Gasteiger partial charge in [-0.05, 0) is 32.4 Å². The highest BCUT2D eigenvalue weighted by Gasteiger charge is 2.39. The third kappa shape index (κ3) is 4.04. The van der Waals surface area contributed by atoms with Crippen molar-refractivity contribution in [2.45, 2.75) is 45.9 Å². The first-order valence-corrected chi connectivity index (χ1v) is 10.5. The number of hydrogen-bond acceptors (Lipinski definition) is 7. The van der Waals surface area contributed by atoms with Crippen molar-refractivity contribution in [1.29, 1.82) is 0 Å². The molecule has 1 saturated heterocycles. The minimum Gasteiger partial charge on any atom is -0.373 e. The Hall–Kier alpha value is -1.84. The molecule has 8 nitrogen and oxygen atoms in total. The van der Waals surface area contributed by atoms with Crippen LogP contribution in [0.2, 0.25) is 0 Å². The van der Waals surface area contributed by atoms with Crippen molar-refractivity contribution in [3.05, 3.63) is 28.2 Å². The first-order valence-electron chi connectivity index (χ1n) is 9.58. The molecule has 0 radical (unpaired) electrons. The maximum Gasteiger partial charge on any atom is 0.289 e. The topological polar surface area (TPSA) is 85.2 Å². The SMILES string of the molecule is CCCNC(=O)c1nnc2n1CC1(CCN(Cc3nccs3)CC1)COC2. The first-order chi connectivity index (χ1) is 13.2. The Morgan fingerprint density at radius 1 is 1.37 bits per heavy atom. The molecule has 0 aliphatic carbocycles. The summed E-state index contributed by atoms with van der Waals surface area (Å²) in [4.78, 5) is 19.3. The summed E-state index contributed by atoms with van der Waals surface area (Å²) in [7, 11) is 0. The highest BCUT2D eigenvalue weighted by molar-refractivity contribution is 7.09. The minimum atomic E-state index is -0.145. The molecule has 0 atom stereocenters. The van der Waals surface area contributed by atoms with Gasteiger partial charge in [-0.25, -0.2) is 4.98 Å². The lowest BCUT2D eigenvalue weighted by Gasteiger charge is -2.40. The largest absolute Gasteiger partial charge is 0.373 e. The number of rotatable bonds is 5. The van der Waals surface area contributed by atoms with Crippen LogP contribution in [0.4, 0.5) is 0 Å². The number of aromatic nitrogens is 4. The molecule has 2 aromatic heterocycles. The van der Waals surface area contributed by atoms with E-state index in [-0.39, 0.29) is 11.3 Å². The molecule has 27 heavy (non-hydrogen) atoms. The van der Waals surface area contributed by atoms with Gasteiger partial charge in [0.2, 0.25) is 5.82 Å². The van der Waals surface area contributed by atoms with Gasteiger partial charge < -0.3 is 14.6 Å². The first kappa shape index (κ1) is 18.5. The summed E-state index contributed by atoms with van der Waals surface area (Å²) < 4.78 is 7.93. The molecule has 146 valence electrons. The molecule has 2 aromatic rings. The second-order valence-corrected chi connectivity index (χ2v) is 8.46. The van der Waals surface area contributed by atoms with Gasteiger partial charge in [-0.2, -0.15) is 0 Å². The highest BCUT2D eigenvalue weighted by Crippen LogP contribution is 2.36. The van der Waals surface area contributed by atoms with Crippen LogP contribution in [-0.2, 0) is 24.4 Å². The van der Waals surface area contributed by atoms with Crippen LogP contribution in [0, 0.1) is 5.41 Å². The maximum absolute atomic E-state index is 12.5. The quantitative estimate of drug-likeness (QED) is 0.836. The lowest BCUT2D eigenvalue weighted by molar-refractivity contribution is -0.00570. The normalized spacial score (nSPS) is 19.6. The third-order valence-electron chi connectivity index (χ3n) is 5.46. The van der Waals surface area contributed by atoms with Crippen LogP contribution in [0.25, 0.3) is 0 Å². The van der Waals surface area contributed by atoms with Gasteiger partial charge in [0, 0.05) is 30.1 Å². The molecule has 0 aromatic carbocycles. The van der Waals surface area contributed by atoms with Gasteiger partial charge in [0.25, 0.3) is 5.91 Å². The number of carbonyl (C=O) groups is 1. The fourth-order valence-corrected chi connectivity index (χ4v) is 4.50. The number of thiazole rings is 1. The monoisotopic (exact) mass is 390 g/mol. The standard InChI is InChI=1S/C18H26N6O2S/c1-2-5-20-17(25)16-22-21-14-11-26-13-18(12-24(14)16)3-7-23(8-4-18)10-15-19-6-9-27-15/h6,9H,2-5,7-8,10-13H2,1H3,(H,20,25).